The Bertz CT molecular complexity index is 866. The number of aromatic nitrogens is 2. The Kier molecular flexibility index (Phi) is 4.30. The third-order valence-electron chi connectivity index (χ3n) is 3.22. The molecule has 0 atom stereocenters. The van der Waals surface area contributed by atoms with Crippen LogP contribution in [0.5, 0.6) is 5.75 Å². The molecule has 23 heavy (non-hydrogen) atoms. The second-order valence-corrected chi connectivity index (χ2v) is 5.31. The number of fused-ring (bicyclic) bond motifs is 1. The van der Waals surface area contributed by atoms with Crippen molar-refractivity contribution in [3.05, 3.63) is 60.1 Å². The predicted octanol–water partition coefficient (Wildman–Crippen LogP) is 4.33. The molecule has 0 aliphatic carbocycles. The van der Waals surface area contributed by atoms with E-state index in [0.29, 0.717) is 29.0 Å². The molecule has 0 aliphatic heterocycles. The van der Waals surface area contributed by atoms with Crippen LogP contribution in [0.15, 0.2) is 55.1 Å². The van der Waals surface area contributed by atoms with Crippen molar-refractivity contribution in [2.75, 3.05) is 17.2 Å². The van der Waals surface area contributed by atoms with Gasteiger partial charge in [0.2, 0.25) is 5.95 Å². The molecule has 0 aliphatic rings. The molecule has 3 rings (SSSR count). The van der Waals surface area contributed by atoms with Gasteiger partial charge in [-0.25, -0.2) is 4.98 Å². The normalized spacial score (nSPS) is 10.5. The van der Waals surface area contributed by atoms with Crippen LogP contribution < -0.4 is 10.6 Å². The molecule has 0 bridgehead atoms. The molecule has 1 heterocycles. The number of hydrogen-bond acceptors (Lipinski definition) is 5. The Morgan fingerprint density at radius 2 is 2.00 bits per heavy atom. The molecule has 0 amide bonds. The van der Waals surface area contributed by atoms with Crippen molar-refractivity contribution in [1.29, 1.82) is 0 Å². The van der Waals surface area contributed by atoms with Gasteiger partial charge in [-0.15, -0.1) is 6.58 Å². The van der Waals surface area contributed by atoms with E-state index in [2.05, 4.69) is 27.2 Å². The van der Waals surface area contributed by atoms with Crippen molar-refractivity contribution in [3.63, 3.8) is 0 Å². The summed E-state index contributed by atoms with van der Waals surface area (Å²) < 4.78 is 0. The average molecular weight is 327 g/mol. The van der Waals surface area contributed by atoms with Crippen LogP contribution in [-0.4, -0.2) is 21.6 Å². The zero-order valence-corrected chi connectivity index (χ0v) is 13.0. The second kappa shape index (κ2) is 6.54. The van der Waals surface area contributed by atoms with Gasteiger partial charge in [0.1, 0.15) is 11.6 Å². The molecule has 3 N–H and O–H groups in total. The molecule has 0 saturated carbocycles. The van der Waals surface area contributed by atoms with Gasteiger partial charge in [0.05, 0.1) is 11.2 Å². The van der Waals surface area contributed by atoms with Crippen molar-refractivity contribution < 1.29 is 5.11 Å². The van der Waals surface area contributed by atoms with E-state index in [1.807, 2.05) is 24.3 Å². The second-order valence-electron chi connectivity index (χ2n) is 4.87. The fraction of sp³-hybridized carbons (Fsp3) is 0.0588. The summed E-state index contributed by atoms with van der Waals surface area (Å²) in [4.78, 5) is 8.94. The van der Waals surface area contributed by atoms with Gasteiger partial charge in [-0.2, -0.15) is 4.98 Å². The maximum Gasteiger partial charge on any atom is 0.229 e. The van der Waals surface area contributed by atoms with Gasteiger partial charge < -0.3 is 15.7 Å². The number of nitrogens with zero attached hydrogens (tertiary/aromatic N) is 2. The summed E-state index contributed by atoms with van der Waals surface area (Å²) in [6.45, 7) is 4.28. The highest BCUT2D eigenvalue weighted by Gasteiger charge is 2.09. The van der Waals surface area contributed by atoms with Gasteiger partial charge in [-0.3, -0.25) is 0 Å². The van der Waals surface area contributed by atoms with Gasteiger partial charge >= 0.3 is 0 Å². The minimum atomic E-state index is 0.0757. The van der Waals surface area contributed by atoms with Crippen molar-refractivity contribution >= 4 is 40.0 Å². The predicted molar refractivity (Wildman–Crippen MR) is 94.6 cm³/mol. The third kappa shape index (κ3) is 3.35. The van der Waals surface area contributed by atoms with Crippen LogP contribution in [0.3, 0.4) is 0 Å². The van der Waals surface area contributed by atoms with Gasteiger partial charge in [-0.05, 0) is 30.3 Å². The standard InChI is InChI=1S/C17H15ClN4O/c1-2-9-19-16-12-5-3-4-6-13(12)20-17(22-16)21-14-10-11(18)7-8-15(14)23/h2-8,10,23H,1,9H2,(H2,19,20,21,22). The lowest BCUT2D eigenvalue weighted by Gasteiger charge is -2.12. The highest BCUT2D eigenvalue weighted by Crippen LogP contribution is 2.30. The Hall–Kier alpha value is -2.79. The Morgan fingerprint density at radius 3 is 2.83 bits per heavy atom. The van der Waals surface area contributed by atoms with Crippen molar-refractivity contribution in [1.82, 2.24) is 9.97 Å². The monoisotopic (exact) mass is 326 g/mol. The van der Waals surface area contributed by atoms with E-state index >= 15 is 0 Å². The zero-order valence-electron chi connectivity index (χ0n) is 12.3. The highest BCUT2D eigenvalue weighted by atomic mass is 35.5. The number of phenolic OH excluding ortho intramolecular Hbond substituents is 1. The van der Waals surface area contributed by atoms with Crippen LogP contribution in [0.25, 0.3) is 10.9 Å². The fourth-order valence-electron chi connectivity index (χ4n) is 2.16. The number of anilines is 3. The van der Waals surface area contributed by atoms with Crippen LogP contribution in [0, 0.1) is 0 Å². The van der Waals surface area contributed by atoms with Crippen molar-refractivity contribution in [3.8, 4) is 5.75 Å². The quantitative estimate of drug-likeness (QED) is 0.481. The van der Waals surface area contributed by atoms with Gasteiger partial charge in [0.25, 0.3) is 0 Å². The lowest BCUT2D eigenvalue weighted by Crippen LogP contribution is -2.05. The molecule has 1 aromatic heterocycles. The summed E-state index contributed by atoms with van der Waals surface area (Å²) in [6.07, 6.45) is 1.76. The Balaban J connectivity index is 2.03. The number of phenols is 1. The molecule has 2 aromatic carbocycles. The van der Waals surface area contributed by atoms with Crippen LogP contribution >= 0.6 is 11.6 Å². The van der Waals surface area contributed by atoms with Gasteiger partial charge in [-0.1, -0.05) is 29.8 Å². The van der Waals surface area contributed by atoms with Crippen molar-refractivity contribution in [2.24, 2.45) is 0 Å². The van der Waals surface area contributed by atoms with E-state index in [4.69, 9.17) is 11.6 Å². The largest absolute Gasteiger partial charge is 0.506 e. The molecule has 5 nitrogen and oxygen atoms in total. The maximum absolute atomic E-state index is 9.91. The van der Waals surface area contributed by atoms with Crippen LogP contribution in [0.4, 0.5) is 17.5 Å². The highest BCUT2D eigenvalue weighted by molar-refractivity contribution is 6.31. The summed E-state index contributed by atoms with van der Waals surface area (Å²) in [6, 6.07) is 12.4. The van der Waals surface area contributed by atoms with Gasteiger partial charge in [0, 0.05) is 17.0 Å². The zero-order chi connectivity index (χ0) is 16.2. The fourth-order valence-corrected chi connectivity index (χ4v) is 2.34. The number of para-hydroxylation sites is 1. The van der Waals surface area contributed by atoms with Crippen LogP contribution in [0.2, 0.25) is 5.02 Å². The first-order chi connectivity index (χ1) is 11.2. The third-order valence-corrected chi connectivity index (χ3v) is 3.46. The molecule has 0 fully saturated rings. The first-order valence-electron chi connectivity index (χ1n) is 7.04. The molecule has 3 aromatic rings. The van der Waals surface area contributed by atoms with Crippen molar-refractivity contribution in [2.45, 2.75) is 0 Å². The summed E-state index contributed by atoms with van der Waals surface area (Å²) >= 11 is 5.96. The number of nitrogens with one attached hydrogen (secondary N) is 2. The maximum atomic E-state index is 9.91. The summed E-state index contributed by atoms with van der Waals surface area (Å²) in [5, 5.41) is 17.5. The summed E-state index contributed by atoms with van der Waals surface area (Å²) in [5.74, 6) is 1.14. The Labute approximate surface area is 138 Å². The molecule has 116 valence electrons. The minimum absolute atomic E-state index is 0.0757. The molecule has 0 radical (unpaired) electrons. The Morgan fingerprint density at radius 1 is 1.17 bits per heavy atom. The van der Waals surface area contributed by atoms with E-state index in [1.54, 1.807) is 18.2 Å². The lowest BCUT2D eigenvalue weighted by molar-refractivity contribution is 0.477. The first kappa shape index (κ1) is 15.1. The van der Waals surface area contributed by atoms with E-state index in [-0.39, 0.29) is 5.75 Å². The molecule has 0 unspecified atom stereocenters. The van der Waals surface area contributed by atoms with Gasteiger partial charge in [0.15, 0.2) is 0 Å². The lowest BCUT2D eigenvalue weighted by atomic mass is 10.2. The van der Waals surface area contributed by atoms with Crippen LogP contribution in [0.1, 0.15) is 0 Å². The number of rotatable bonds is 5. The molecular formula is C17H15ClN4O. The van der Waals surface area contributed by atoms with E-state index in [1.165, 1.54) is 6.07 Å². The topological polar surface area (TPSA) is 70.1 Å². The van der Waals surface area contributed by atoms with E-state index < -0.39 is 0 Å². The first-order valence-corrected chi connectivity index (χ1v) is 7.42. The summed E-state index contributed by atoms with van der Waals surface area (Å²) in [5.41, 5.74) is 1.24. The molecular weight excluding hydrogens is 312 g/mol. The molecule has 0 spiro atoms. The van der Waals surface area contributed by atoms with E-state index in [9.17, 15) is 5.11 Å². The minimum Gasteiger partial charge on any atom is -0.506 e. The molecule has 6 heteroatoms. The van der Waals surface area contributed by atoms with E-state index in [0.717, 1.165) is 10.9 Å². The number of halogens is 1. The SMILES string of the molecule is C=CCNc1nc(Nc2cc(Cl)ccc2O)nc2ccccc12. The average Bonchev–Trinajstić information content (AvgIpc) is 2.56. The summed E-state index contributed by atoms with van der Waals surface area (Å²) in [7, 11) is 0. The molecule has 0 saturated heterocycles. The number of aromatic hydroxyl groups is 1. The smallest absolute Gasteiger partial charge is 0.229 e. The van der Waals surface area contributed by atoms with Crippen LogP contribution in [-0.2, 0) is 0 Å². The number of benzene rings is 2. The number of hydrogen-bond donors (Lipinski definition) is 3.